The van der Waals surface area contributed by atoms with Gasteiger partial charge >= 0.3 is 0 Å². The molecule has 0 amide bonds. The van der Waals surface area contributed by atoms with E-state index in [1.807, 2.05) is 11.8 Å². The van der Waals surface area contributed by atoms with E-state index in [0.29, 0.717) is 17.8 Å². The molecular formula is C51H49BN2S. The van der Waals surface area contributed by atoms with E-state index in [1.165, 1.54) is 42.9 Å². The second-order valence-electron chi connectivity index (χ2n) is 15.6. The Bertz CT molecular complexity index is 2150. The van der Waals surface area contributed by atoms with Crippen molar-refractivity contribution in [2.45, 2.75) is 69.1 Å². The van der Waals surface area contributed by atoms with Crippen LogP contribution in [0.2, 0.25) is 0 Å². The van der Waals surface area contributed by atoms with Gasteiger partial charge < -0.3 is 9.80 Å². The molecule has 0 N–H and O–H groups in total. The minimum Gasteiger partial charge on any atom is -0.310 e. The molecule has 0 bridgehead atoms. The number of anilines is 6. The van der Waals surface area contributed by atoms with E-state index < -0.39 is 0 Å². The number of hydrogen-bond acceptors (Lipinski definition) is 3. The predicted molar refractivity (Wildman–Crippen MR) is 240 cm³/mol. The predicted octanol–water partition coefficient (Wildman–Crippen LogP) is 13.0. The average molecular weight is 733 g/mol. The van der Waals surface area contributed by atoms with Crippen LogP contribution < -0.4 is 26.2 Å². The summed E-state index contributed by atoms with van der Waals surface area (Å²) in [5.74, 6) is 1.22. The first kappa shape index (κ1) is 36.5. The molecule has 272 valence electrons. The maximum absolute atomic E-state index is 2.51. The van der Waals surface area contributed by atoms with Gasteiger partial charge in [-0.05, 0) is 107 Å². The topological polar surface area (TPSA) is 6.48 Å². The molecule has 8 rings (SSSR count). The molecule has 0 aromatic heterocycles. The number of para-hydroxylation sites is 4. The molecular weight excluding hydrogens is 683 g/mol. The van der Waals surface area contributed by atoms with Crippen molar-refractivity contribution in [2.75, 3.05) is 9.80 Å². The Balaban J connectivity index is 1.37. The average Bonchev–Trinajstić information content (AvgIpc) is 3.21. The lowest BCUT2D eigenvalue weighted by Gasteiger charge is -2.34. The van der Waals surface area contributed by atoms with Crippen LogP contribution in [0.5, 0.6) is 0 Å². The van der Waals surface area contributed by atoms with Gasteiger partial charge in [0.05, 0.1) is 0 Å². The molecule has 0 unspecified atom stereocenters. The van der Waals surface area contributed by atoms with E-state index in [2.05, 4.69) is 221 Å². The molecule has 0 radical (unpaired) electrons. The van der Waals surface area contributed by atoms with Gasteiger partial charge in [0.2, 0.25) is 6.71 Å². The molecule has 4 heteroatoms. The van der Waals surface area contributed by atoms with Crippen molar-refractivity contribution >= 4 is 69.0 Å². The van der Waals surface area contributed by atoms with Crippen LogP contribution in [0, 0.1) is 0 Å². The highest BCUT2D eigenvalue weighted by Crippen LogP contribution is 2.42. The van der Waals surface area contributed by atoms with Crippen molar-refractivity contribution in [3.8, 4) is 0 Å². The SMILES string of the molecule is CC(C)c1cc(C(C)C)c(B2c3ccc(N(c4ccccc4)c4ccccc4)cc3Sc3cc(N(c4ccccc4)c4ccccc4)ccc32)c(C(C)C)c1. The second kappa shape index (κ2) is 15.7. The van der Waals surface area contributed by atoms with Crippen molar-refractivity contribution < 1.29 is 0 Å². The maximum Gasteiger partial charge on any atom is 0.244 e. The molecule has 1 aliphatic rings. The third-order valence-corrected chi connectivity index (χ3v) is 12.0. The molecule has 7 aromatic rings. The van der Waals surface area contributed by atoms with Crippen LogP contribution in [0.1, 0.15) is 76.0 Å². The minimum atomic E-state index is 0.0918. The zero-order valence-corrected chi connectivity index (χ0v) is 33.6. The third-order valence-electron chi connectivity index (χ3n) is 10.9. The van der Waals surface area contributed by atoms with Gasteiger partial charge in [0.1, 0.15) is 0 Å². The van der Waals surface area contributed by atoms with Crippen LogP contribution in [0.15, 0.2) is 180 Å². The van der Waals surface area contributed by atoms with Gasteiger partial charge in [-0.15, -0.1) is 0 Å². The highest BCUT2D eigenvalue weighted by atomic mass is 32.2. The summed E-state index contributed by atoms with van der Waals surface area (Å²) in [6.07, 6.45) is 0. The van der Waals surface area contributed by atoms with E-state index in [9.17, 15) is 0 Å². The molecule has 0 atom stereocenters. The summed E-state index contributed by atoms with van der Waals surface area (Å²) in [4.78, 5) is 7.36. The van der Waals surface area contributed by atoms with Crippen LogP contribution in [0.4, 0.5) is 34.1 Å². The Labute approximate surface area is 333 Å². The molecule has 0 aliphatic carbocycles. The lowest BCUT2D eigenvalue weighted by atomic mass is 9.34. The second-order valence-corrected chi connectivity index (χ2v) is 16.7. The molecule has 1 heterocycles. The molecule has 0 spiro atoms. The van der Waals surface area contributed by atoms with Crippen molar-refractivity contribution in [3.05, 3.63) is 187 Å². The number of nitrogens with zero attached hydrogens (tertiary/aromatic N) is 2. The van der Waals surface area contributed by atoms with Gasteiger partial charge in [-0.25, -0.2) is 0 Å². The summed E-state index contributed by atoms with van der Waals surface area (Å²) < 4.78 is 0. The van der Waals surface area contributed by atoms with Crippen LogP contribution in [0.3, 0.4) is 0 Å². The Morgan fingerprint density at radius 2 is 0.727 bits per heavy atom. The number of hydrogen-bond donors (Lipinski definition) is 0. The van der Waals surface area contributed by atoms with Gasteiger partial charge in [0.15, 0.2) is 0 Å². The normalized spacial score (nSPS) is 12.2. The summed E-state index contributed by atoms with van der Waals surface area (Å²) >= 11 is 1.91. The fraction of sp³-hybridized carbons (Fsp3) is 0.176. The van der Waals surface area contributed by atoms with Gasteiger partial charge in [0.25, 0.3) is 0 Å². The van der Waals surface area contributed by atoms with E-state index >= 15 is 0 Å². The summed E-state index contributed by atoms with van der Waals surface area (Å²) in [5, 5.41) is 0. The zero-order chi connectivity index (χ0) is 38.1. The van der Waals surface area contributed by atoms with Gasteiger partial charge in [-0.1, -0.05) is 167 Å². The summed E-state index contributed by atoms with van der Waals surface area (Å²) in [7, 11) is 0. The minimum absolute atomic E-state index is 0.0918. The standard InChI is InChI=1S/C51H49BN2S/c1-35(2)38-31-45(36(3)4)51(46(32-38)37(5)6)52-47-29-27-43(53(39-19-11-7-12-20-39)40-21-13-8-14-22-40)33-49(47)55-50-34-44(28-30-48(50)52)54(41-23-15-9-16-24-41)42-25-17-10-18-26-42/h7-37H,1-6H3. The number of rotatable bonds is 10. The quantitative estimate of drug-likeness (QED) is 0.129. The Kier molecular flexibility index (Phi) is 10.4. The van der Waals surface area contributed by atoms with E-state index in [1.54, 1.807) is 0 Å². The highest BCUT2D eigenvalue weighted by Gasteiger charge is 2.36. The molecule has 7 aromatic carbocycles. The molecule has 0 saturated carbocycles. The maximum atomic E-state index is 2.51. The first-order chi connectivity index (χ1) is 26.8. The van der Waals surface area contributed by atoms with E-state index in [4.69, 9.17) is 0 Å². The Morgan fingerprint density at radius 1 is 0.382 bits per heavy atom. The first-order valence-electron chi connectivity index (χ1n) is 19.7. The fourth-order valence-electron chi connectivity index (χ4n) is 8.12. The van der Waals surface area contributed by atoms with Crippen LogP contribution in [0.25, 0.3) is 0 Å². The summed E-state index contributed by atoms with van der Waals surface area (Å²) in [5.41, 5.74) is 15.4. The van der Waals surface area contributed by atoms with Crippen LogP contribution in [-0.4, -0.2) is 6.71 Å². The fourth-order valence-corrected chi connectivity index (χ4v) is 9.33. The van der Waals surface area contributed by atoms with Crippen molar-refractivity contribution in [1.29, 1.82) is 0 Å². The van der Waals surface area contributed by atoms with Crippen LogP contribution in [-0.2, 0) is 0 Å². The lowest BCUT2D eigenvalue weighted by Crippen LogP contribution is -2.57. The van der Waals surface area contributed by atoms with E-state index in [0.717, 1.165) is 34.1 Å². The van der Waals surface area contributed by atoms with Gasteiger partial charge in [-0.3, -0.25) is 0 Å². The van der Waals surface area contributed by atoms with Crippen molar-refractivity contribution in [1.82, 2.24) is 0 Å². The van der Waals surface area contributed by atoms with Crippen molar-refractivity contribution in [2.24, 2.45) is 0 Å². The van der Waals surface area contributed by atoms with Gasteiger partial charge in [-0.2, -0.15) is 0 Å². The third kappa shape index (κ3) is 7.24. The van der Waals surface area contributed by atoms with Crippen molar-refractivity contribution in [3.63, 3.8) is 0 Å². The summed E-state index contributed by atoms with van der Waals surface area (Å²) in [6.45, 7) is 14.2. The smallest absolute Gasteiger partial charge is 0.244 e. The monoisotopic (exact) mass is 732 g/mol. The Morgan fingerprint density at radius 3 is 1.04 bits per heavy atom. The Hall–Kier alpha value is -5.45. The number of fused-ring (bicyclic) bond motifs is 2. The zero-order valence-electron chi connectivity index (χ0n) is 32.8. The molecule has 0 saturated heterocycles. The first-order valence-corrected chi connectivity index (χ1v) is 20.5. The molecule has 0 fully saturated rings. The highest BCUT2D eigenvalue weighted by molar-refractivity contribution is 8.00. The lowest BCUT2D eigenvalue weighted by molar-refractivity contribution is 0.812. The number of benzene rings is 7. The molecule has 2 nitrogen and oxygen atoms in total. The van der Waals surface area contributed by atoms with Crippen LogP contribution >= 0.6 is 11.8 Å². The summed E-state index contributed by atoms with van der Waals surface area (Å²) in [6, 6.07) is 62.4. The van der Waals surface area contributed by atoms with Gasteiger partial charge in [0, 0.05) is 43.9 Å². The molecule has 55 heavy (non-hydrogen) atoms. The van der Waals surface area contributed by atoms with E-state index in [-0.39, 0.29) is 6.71 Å². The largest absolute Gasteiger partial charge is 0.310 e. The molecule has 1 aliphatic heterocycles.